The smallest absolute Gasteiger partial charge is 0.295 e. The molecule has 1 N–H and O–H groups in total. The molecule has 30 heavy (non-hydrogen) atoms. The lowest BCUT2D eigenvalue weighted by atomic mass is 9.94. The number of aliphatic hydroxyl groups excluding tert-OH is 1. The van der Waals surface area contributed by atoms with Crippen molar-refractivity contribution in [1.29, 1.82) is 0 Å². The molecule has 7 nitrogen and oxygen atoms in total. The zero-order chi connectivity index (χ0) is 22.2. The van der Waals surface area contributed by atoms with Gasteiger partial charge in [-0.05, 0) is 58.6 Å². The first kappa shape index (κ1) is 21.7. The highest BCUT2D eigenvalue weighted by atomic mass is 19.1. The summed E-state index contributed by atoms with van der Waals surface area (Å²) >= 11 is 0. The molecule has 1 aromatic heterocycles. The highest BCUT2D eigenvalue weighted by Gasteiger charge is 2.46. The molecule has 0 aliphatic carbocycles. The van der Waals surface area contributed by atoms with E-state index in [0.717, 1.165) is 6.54 Å². The van der Waals surface area contributed by atoms with E-state index < -0.39 is 23.5 Å². The Bertz CT molecular complexity index is 1030. The van der Waals surface area contributed by atoms with E-state index in [1.54, 1.807) is 31.6 Å². The molecule has 3 rings (SSSR count). The number of ketones is 1. The molecule has 0 unspecified atom stereocenters. The predicted molar refractivity (Wildman–Crippen MR) is 111 cm³/mol. The van der Waals surface area contributed by atoms with Gasteiger partial charge in [0.2, 0.25) is 0 Å². The van der Waals surface area contributed by atoms with E-state index >= 15 is 0 Å². The van der Waals surface area contributed by atoms with Crippen LogP contribution in [0.3, 0.4) is 0 Å². The van der Waals surface area contributed by atoms with Gasteiger partial charge in [0.25, 0.3) is 11.7 Å². The van der Waals surface area contributed by atoms with Crippen LogP contribution < -0.4 is 0 Å². The number of amides is 1. The molecule has 1 fully saturated rings. The van der Waals surface area contributed by atoms with Gasteiger partial charge in [0, 0.05) is 19.3 Å². The number of hydrogen-bond acceptors (Lipinski definition) is 5. The molecule has 0 radical (unpaired) electrons. The third-order valence-electron chi connectivity index (χ3n) is 5.45. The Kier molecular flexibility index (Phi) is 6.07. The molecule has 1 saturated heterocycles. The summed E-state index contributed by atoms with van der Waals surface area (Å²) < 4.78 is 15.6. The molecule has 0 bridgehead atoms. The van der Waals surface area contributed by atoms with Crippen LogP contribution in [0.5, 0.6) is 0 Å². The number of halogens is 1. The zero-order valence-electron chi connectivity index (χ0n) is 17.9. The molecule has 1 atom stereocenters. The molecule has 1 aromatic carbocycles. The van der Waals surface area contributed by atoms with Gasteiger partial charge < -0.3 is 14.9 Å². The second kappa shape index (κ2) is 8.39. The lowest BCUT2D eigenvalue weighted by molar-refractivity contribution is -0.139. The second-order valence-corrected chi connectivity index (χ2v) is 7.87. The van der Waals surface area contributed by atoms with E-state index in [1.165, 1.54) is 23.1 Å². The third-order valence-corrected chi connectivity index (χ3v) is 5.45. The highest BCUT2D eigenvalue weighted by molar-refractivity contribution is 6.46. The molecule has 2 aromatic rings. The molecule has 8 heteroatoms. The van der Waals surface area contributed by atoms with Crippen molar-refractivity contribution >= 4 is 17.4 Å². The van der Waals surface area contributed by atoms with E-state index in [9.17, 15) is 19.1 Å². The topological polar surface area (TPSA) is 78.7 Å². The van der Waals surface area contributed by atoms with Crippen molar-refractivity contribution in [3.63, 3.8) is 0 Å². The fourth-order valence-electron chi connectivity index (χ4n) is 3.94. The number of likely N-dealkylation sites (tertiary alicyclic amines) is 1. The quantitative estimate of drug-likeness (QED) is 0.447. The zero-order valence-corrected chi connectivity index (χ0v) is 17.9. The van der Waals surface area contributed by atoms with Crippen LogP contribution >= 0.6 is 0 Å². The summed E-state index contributed by atoms with van der Waals surface area (Å²) in [4.78, 5) is 29.3. The molecular weight excluding hydrogens is 387 g/mol. The number of aliphatic hydroxyl groups is 1. The molecule has 0 saturated carbocycles. The number of rotatable bonds is 6. The van der Waals surface area contributed by atoms with Crippen LogP contribution in [-0.4, -0.2) is 63.6 Å². The second-order valence-electron chi connectivity index (χ2n) is 7.87. The van der Waals surface area contributed by atoms with Crippen LogP contribution in [0.15, 0.2) is 29.8 Å². The van der Waals surface area contributed by atoms with Gasteiger partial charge in [-0.15, -0.1) is 0 Å². The van der Waals surface area contributed by atoms with Crippen LogP contribution in [0.25, 0.3) is 5.76 Å². The average molecular weight is 414 g/mol. The molecule has 1 aliphatic rings. The highest BCUT2D eigenvalue weighted by Crippen LogP contribution is 2.40. The first-order valence-corrected chi connectivity index (χ1v) is 9.82. The van der Waals surface area contributed by atoms with Crippen LogP contribution in [0.4, 0.5) is 4.39 Å². The van der Waals surface area contributed by atoms with Crippen molar-refractivity contribution in [3.8, 4) is 0 Å². The van der Waals surface area contributed by atoms with Gasteiger partial charge in [0.05, 0.1) is 22.9 Å². The summed E-state index contributed by atoms with van der Waals surface area (Å²) in [6.07, 6.45) is 0.636. The number of carbonyl (C=O) groups excluding carboxylic acids is 2. The van der Waals surface area contributed by atoms with Crippen LogP contribution in [0, 0.1) is 19.7 Å². The largest absolute Gasteiger partial charge is 0.507 e. The minimum absolute atomic E-state index is 0.0327. The van der Waals surface area contributed by atoms with Gasteiger partial charge in [-0.1, -0.05) is 12.1 Å². The lowest BCUT2D eigenvalue weighted by Crippen LogP contribution is -2.32. The number of nitrogens with zero attached hydrogens (tertiary/aromatic N) is 4. The maximum absolute atomic E-state index is 14.0. The van der Waals surface area contributed by atoms with E-state index in [1.807, 2.05) is 19.0 Å². The Labute approximate surface area is 175 Å². The first-order valence-electron chi connectivity index (χ1n) is 9.82. The van der Waals surface area contributed by atoms with E-state index in [0.29, 0.717) is 35.5 Å². The van der Waals surface area contributed by atoms with Crippen molar-refractivity contribution in [2.45, 2.75) is 26.3 Å². The van der Waals surface area contributed by atoms with Gasteiger partial charge in [0.1, 0.15) is 11.6 Å². The molecule has 0 spiro atoms. The minimum Gasteiger partial charge on any atom is -0.507 e. The summed E-state index contributed by atoms with van der Waals surface area (Å²) in [6, 6.07) is 4.94. The van der Waals surface area contributed by atoms with Gasteiger partial charge >= 0.3 is 0 Å². The molecule has 1 aliphatic heterocycles. The number of aryl methyl sites for hydroxylation is 2. The first-order chi connectivity index (χ1) is 14.1. The van der Waals surface area contributed by atoms with Crippen LogP contribution in [-0.2, 0) is 16.6 Å². The maximum Gasteiger partial charge on any atom is 0.295 e. The lowest BCUT2D eigenvalue weighted by Gasteiger charge is -2.26. The SMILES string of the molecule is Cc1nn(C)c(C)c1/C(O)=C1\C(=O)C(=O)N(CCCN(C)C)[C@H]1c1cccc(F)c1. The summed E-state index contributed by atoms with van der Waals surface area (Å²) in [5.74, 6) is -2.21. The minimum atomic E-state index is -0.859. The van der Waals surface area contributed by atoms with Gasteiger partial charge in [0.15, 0.2) is 0 Å². The fraction of sp³-hybridized carbons (Fsp3) is 0.409. The Morgan fingerprint density at radius 3 is 2.53 bits per heavy atom. The molecule has 160 valence electrons. The third kappa shape index (κ3) is 3.87. The Hall–Kier alpha value is -3.00. The number of benzene rings is 1. The number of hydrogen-bond donors (Lipinski definition) is 1. The predicted octanol–water partition coefficient (Wildman–Crippen LogP) is 2.55. The molecular formula is C22H27FN4O3. The van der Waals surface area contributed by atoms with E-state index in [-0.39, 0.29) is 11.3 Å². The Morgan fingerprint density at radius 1 is 1.27 bits per heavy atom. The Balaban J connectivity index is 2.16. The summed E-state index contributed by atoms with van der Waals surface area (Å²) in [6.45, 7) is 4.54. The summed E-state index contributed by atoms with van der Waals surface area (Å²) in [5.41, 5.74) is 2.05. The standard InChI is InChI=1S/C22H27FN4O3/c1-13-17(14(2)26(5)24-13)20(28)18-19(15-8-6-9-16(23)12-15)27(22(30)21(18)29)11-7-10-25(3)4/h6,8-9,12,19,28H,7,10-11H2,1-5H3/b20-18+/t19-/m0/s1. The number of Topliss-reactive ketones (excluding diaryl/α,β-unsaturated/α-hetero) is 1. The molecule has 1 amide bonds. The average Bonchev–Trinajstić information content (AvgIpc) is 3.07. The van der Waals surface area contributed by atoms with Crippen molar-refractivity contribution in [1.82, 2.24) is 19.6 Å². The van der Waals surface area contributed by atoms with Gasteiger partial charge in [-0.2, -0.15) is 5.10 Å². The monoisotopic (exact) mass is 414 g/mol. The van der Waals surface area contributed by atoms with Crippen molar-refractivity contribution in [3.05, 3.63) is 58.2 Å². The van der Waals surface area contributed by atoms with Crippen molar-refractivity contribution in [2.24, 2.45) is 7.05 Å². The van der Waals surface area contributed by atoms with Crippen LogP contribution in [0.2, 0.25) is 0 Å². The number of aromatic nitrogens is 2. The van der Waals surface area contributed by atoms with Crippen molar-refractivity contribution < 1.29 is 19.1 Å². The fourth-order valence-corrected chi connectivity index (χ4v) is 3.94. The maximum atomic E-state index is 14.0. The van der Waals surface area contributed by atoms with Gasteiger partial charge in [-0.3, -0.25) is 14.3 Å². The van der Waals surface area contributed by atoms with Gasteiger partial charge in [-0.25, -0.2) is 4.39 Å². The number of carbonyl (C=O) groups is 2. The Morgan fingerprint density at radius 2 is 1.97 bits per heavy atom. The summed E-state index contributed by atoms with van der Waals surface area (Å²) in [5, 5.41) is 15.4. The van der Waals surface area contributed by atoms with E-state index in [2.05, 4.69) is 5.10 Å². The van der Waals surface area contributed by atoms with E-state index in [4.69, 9.17) is 0 Å². The summed E-state index contributed by atoms with van der Waals surface area (Å²) in [7, 11) is 5.58. The molecule has 2 heterocycles. The normalized spacial score (nSPS) is 18.6. The van der Waals surface area contributed by atoms with Crippen LogP contribution in [0.1, 0.15) is 35.0 Å². The van der Waals surface area contributed by atoms with Crippen molar-refractivity contribution in [2.75, 3.05) is 27.2 Å².